The highest BCUT2D eigenvalue weighted by Crippen LogP contribution is 2.24. The van der Waals surface area contributed by atoms with E-state index in [0.29, 0.717) is 16.8 Å². The number of carbonyl (C=O) groups is 1. The van der Waals surface area contributed by atoms with Crippen molar-refractivity contribution in [1.29, 1.82) is 0 Å². The van der Waals surface area contributed by atoms with Gasteiger partial charge in [-0.2, -0.15) is 0 Å². The van der Waals surface area contributed by atoms with Crippen molar-refractivity contribution >= 4 is 17.5 Å². The van der Waals surface area contributed by atoms with Crippen molar-refractivity contribution in [3.8, 4) is 5.75 Å². The fourth-order valence-corrected chi connectivity index (χ4v) is 2.35. The number of nitrogens with zero attached hydrogens (tertiary/aromatic N) is 1. The zero-order valence-corrected chi connectivity index (χ0v) is 12.0. The van der Waals surface area contributed by atoms with E-state index < -0.39 is 6.10 Å². The third-order valence-electron chi connectivity index (χ3n) is 3.17. The predicted molar refractivity (Wildman–Crippen MR) is 75.6 cm³/mol. The van der Waals surface area contributed by atoms with Crippen LogP contribution in [0, 0.1) is 0 Å². The minimum atomic E-state index is -0.523. The molecule has 1 aromatic carbocycles. The van der Waals surface area contributed by atoms with E-state index in [9.17, 15) is 4.79 Å². The van der Waals surface area contributed by atoms with Crippen molar-refractivity contribution in [1.82, 2.24) is 10.2 Å². The molecule has 19 heavy (non-hydrogen) atoms. The zero-order chi connectivity index (χ0) is 13.8. The van der Waals surface area contributed by atoms with Gasteiger partial charge in [0.15, 0.2) is 6.10 Å². The smallest absolute Gasteiger partial charge is 0.263 e. The molecule has 1 aromatic rings. The number of rotatable bonds is 3. The first-order chi connectivity index (χ1) is 9.08. The summed E-state index contributed by atoms with van der Waals surface area (Å²) in [5.74, 6) is 0.557. The third-order valence-corrected chi connectivity index (χ3v) is 3.48. The molecule has 0 aliphatic carbocycles. The molecule has 1 fully saturated rings. The number of halogens is 1. The zero-order valence-electron chi connectivity index (χ0n) is 11.2. The summed E-state index contributed by atoms with van der Waals surface area (Å²) in [5, 5.41) is 3.83. The van der Waals surface area contributed by atoms with E-state index in [4.69, 9.17) is 16.3 Å². The highest BCUT2D eigenvalue weighted by molar-refractivity contribution is 6.32. The van der Waals surface area contributed by atoms with Crippen LogP contribution in [0.4, 0.5) is 0 Å². The lowest BCUT2D eigenvalue weighted by molar-refractivity contribution is -0.139. The van der Waals surface area contributed by atoms with E-state index in [-0.39, 0.29) is 5.91 Å². The highest BCUT2D eigenvalue weighted by Gasteiger charge is 2.26. The summed E-state index contributed by atoms with van der Waals surface area (Å²) in [7, 11) is 0. The van der Waals surface area contributed by atoms with E-state index in [1.165, 1.54) is 0 Å². The molecule has 0 saturated carbocycles. The number of para-hydroxylation sites is 1. The van der Waals surface area contributed by atoms with E-state index >= 15 is 0 Å². The first kappa shape index (κ1) is 14.2. The van der Waals surface area contributed by atoms with Gasteiger partial charge in [-0.25, -0.2) is 0 Å². The molecular formula is C14H19ClN2O2. The highest BCUT2D eigenvalue weighted by atomic mass is 35.5. The number of amides is 1. The van der Waals surface area contributed by atoms with Crippen LogP contribution in [0.15, 0.2) is 24.3 Å². The van der Waals surface area contributed by atoms with Crippen LogP contribution in [0.2, 0.25) is 5.02 Å². The first-order valence-corrected chi connectivity index (χ1v) is 6.89. The largest absolute Gasteiger partial charge is 0.479 e. The summed E-state index contributed by atoms with van der Waals surface area (Å²) in [5.41, 5.74) is 0. The Morgan fingerprint density at radius 1 is 1.53 bits per heavy atom. The Morgan fingerprint density at radius 2 is 2.26 bits per heavy atom. The SMILES string of the molecule is C[C@H]1CN(C(=O)[C@@H](C)Oc2ccccc2Cl)CCN1. The summed E-state index contributed by atoms with van der Waals surface area (Å²) in [6.45, 7) is 6.09. The molecule has 1 aliphatic heterocycles. The Kier molecular flexibility index (Phi) is 4.66. The molecule has 0 aromatic heterocycles. The second-order valence-corrected chi connectivity index (χ2v) is 5.24. The molecule has 1 heterocycles. The minimum Gasteiger partial charge on any atom is -0.479 e. The maximum Gasteiger partial charge on any atom is 0.263 e. The van der Waals surface area contributed by atoms with Crippen molar-refractivity contribution in [3.63, 3.8) is 0 Å². The lowest BCUT2D eigenvalue weighted by Gasteiger charge is -2.33. The standard InChI is InChI=1S/C14H19ClN2O2/c1-10-9-17(8-7-16-10)14(18)11(2)19-13-6-4-3-5-12(13)15/h3-6,10-11,16H,7-9H2,1-2H3/t10-,11+/m0/s1. The molecule has 0 spiro atoms. The molecule has 0 radical (unpaired) electrons. The molecule has 4 nitrogen and oxygen atoms in total. The summed E-state index contributed by atoms with van der Waals surface area (Å²) in [6.07, 6.45) is -0.523. The topological polar surface area (TPSA) is 41.6 Å². The molecule has 104 valence electrons. The Hall–Kier alpha value is -1.26. The molecule has 1 aliphatic rings. The van der Waals surface area contributed by atoms with Gasteiger partial charge in [0.25, 0.3) is 5.91 Å². The number of piperazine rings is 1. The van der Waals surface area contributed by atoms with Gasteiger partial charge in [0.1, 0.15) is 5.75 Å². The van der Waals surface area contributed by atoms with Gasteiger partial charge in [0.2, 0.25) is 0 Å². The lowest BCUT2D eigenvalue weighted by atomic mass is 10.2. The summed E-state index contributed by atoms with van der Waals surface area (Å²) in [6, 6.07) is 7.52. The molecule has 5 heteroatoms. The molecule has 2 atom stereocenters. The molecule has 0 unspecified atom stereocenters. The van der Waals surface area contributed by atoms with Gasteiger partial charge >= 0.3 is 0 Å². The van der Waals surface area contributed by atoms with Crippen LogP contribution < -0.4 is 10.1 Å². The number of benzene rings is 1. The van der Waals surface area contributed by atoms with Crippen LogP contribution in [-0.2, 0) is 4.79 Å². The normalized spacial score (nSPS) is 21.0. The minimum absolute atomic E-state index is 0.00766. The number of carbonyl (C=O) groups excluding carboxylic acids is 1. The predicted octanol–water partition coefficient (Wildman–Crippen LogP) is 1.93. The summed E-state index contributed by atoms with van der Waals surface area (Å²) in [4.78, 5) is 14.1. The lowest BCUT2D eigenvalue weighted by Crippen LogP contribution is -2.54. The van der Waals surface area contributed by atoms with Crippen molar-refractivity contribution in [2.24, 2.45) is 0 Å². The van der Waals surface area contributed by atoms with Gasteiger partial charge < -0.3 is 15.0 Å². The van der Waals surface area contributed by atoms with E-state index in [1.54, 1.807) is 19.1 Å². The summed E-state index contributed by atoms with van der Waals surface area (Å²) < 4.78 is 5.65. The molecule has 1 saturated heterocycles. The second kappa shape index (κ2) is 6.26. The van der Waals surface area contributed by atoms with Crippen molar-refractivity contribution in [2.75, 3.05) is 19.6 Å². The van der Waals surface area contributed by atoms with E-state index in [1.807, 2.05) is 17.0 Å². The van der Waals surface area contributed by atoms with Gasteiger partial charge in [-0.3, -0.25) is 4.79 Å². The van der Waals surface area contributed by atoms with Gasteiger partial charge in [0, 0.05) is 25.7 Å². The van der Waals surface area contributed by atoms with Crippen LogP contribution >= 0.6 is 11.6 Å². The van der Waals surface area contributed by atoms with Crippen LogP contribution in [0.3, 0.4) is 0 Å². The van der Waals surface area contributed by atoms with Crippen LogP contribution in [0.25, 0.3) is 0 Å². The summed E-state index contributed by atoms with van der Waals surface area (Å²) >= 11 is 6.02. The Labute approximate surface area is 118 Å². The second-order valence-electron chi connectivity index (χ2n) is 4.83. The Bertz CT molecular complexity index is 453. The van der Waals surface area contributed by atoms with E-state index in [0.717, 1.165) is 19.6 Å². The van der Waals surface area contributed by atoms with Crippen LogP contribution in [0.1, 0.15) is 13.8 Å². The number of hydrogen-bond acceptors (Lipinski definition) is 3. The maximum absolute atomic E-state index is 12.3. The third kappa shape index (κ3) is 3.61. The average Bonchev–Trinajstić information content (AvgIpc) is 2.40. The molecule has 1 amide bonds. The van der Waals surface area contributed by atoms with Gasteiger partial charge in [-0.1, -0.05) is 23.7 Å². The van der Waals surface area contributed by atoms with Crippen LogP contribution in [-0.4, -0.2) is 42.6 Å². The fraction of sp³-hybridized carbons (Fsp3) is 0.500. The number of hydrogen-bond donors (Lipinski definition) is 1. The monoisotopic (exact) mass is 282 g/mol. The Balaban J connectivity index is 1.97. The number of ether oxygens (including phenoxy) is 1. The molecule has 2 rings (SSSR count). The van der Waals surface area contributed by atoms with Crippen LogP contribution in [0.5, 0.6) is 5.75 Å². The Morgan fingerprint density at radius 3 is 2.95 bits per heavy atom. The van der Waals surface area contributed by atoms with Gasteiger partial charge in [-0.05, 0) is 26.0 Å². The van der Waals surface area contributed by atoms with Gasteiger partial charge in [0.05, 0.1) is 5.02 Å². The molecule has 0 bridgehead atoms. The first-order valence-electron chi connectivity index (χ1n) is 6.51. The van der Waals surface area contributed by atoms with E-state index in [2.05, 4.69) is 12.2 Å². The molecular weight excluding hydrogens is 264 g/mol. The average molecular weight is 283 g/mol. The maximum atomic E-state index is 12.3. The quantitative estimate of drug-likeness (QED) is 0.921. The number of nitrogens with one attached hydrogen (secondary N) is 1. The van der Waals surface area contributed by atoms with Crippen molar-refractivity contribution in [2.45, 2.75) is 26.0 Å². The fourth-order valence-electron chi connectivity index (χ4n) is 2.17. The van der Waals surface area contributed by atoms with Crippen molar-refractivity contribution < 1.29 is 9.53 Å². The van der Waals surface area contributed by atoms with Crippen molar-refractivity contribution in [3.05, 3.63) is 29.3 Å². The van der Waals surface area contributed by atoms with Gasteiger partial charge in [-0.15, -0.1) is 0 Å². The molecule has 1 N–H and O–H groups in total.